The van der Waals surface area contributed by atoms with E-state index in [1.54, 1.807) is 6.92 Å². The standard InChI is InChI=1S/C14H14O4/c1-3-17-12-7-5-4-6-10(12)13-8-11(14(15)16)9(2)18-13/h4-8H,3H2,1-2H3,(H,15,16). The molecule has 4 nitrogen and oxygen atoms in total. The molecule has 0 saturated heterocycles. The van der Waals surface area contributed by atoms with E-state index in [9.17, 15) is 4.79 Å². The maximum absolute atomic E-state index is 11.0. The minimum absolute atomic E-state index is 0.177. The van der Waals surface area contributed by atoms with Crippen molar-refractivity contribution in [2.75, 3.05) is 6.61 Å². The zero-order chi connectivity index (χ0) is 13.1. The van der Waals surface area contributed by atoms with Crippen LogP contribution in [0.15, 0.2) is 34.7 Å². The zero-order valence-corrected chi connectivity index (χ0v) is 10.3. The molecular weight excluding hydrogens is 232 g/mol. The summed E-state index contributed by atoms with van der Waals surface area (Å²) in [7, 11) is 0. The van der Waals surface area contributed by atoms with Crippen LogP contribution in [0.2, 0.25) is 0 Å². The molecule has 1 N–H and O–H groups in total. The number of carboxylic acids is 1. The first-order valence-electron chi connectivity index (χ1n) is 5.69. The second-order valence-corrected chi connectivity index (χ2v) is 3.81. The molecule has 1 heterocycles. The fourth-order valence-electron chi connectivity index (χ4n) is 1.78. The monoisotopic (exact) mass is 246 g/mol. The van der Waals surface area contributed by atoms with Crippen LogP contribution in [0.25, 0.3) is 11.3 Å². The zero-order valence-electron chi connectivity index (χ0n) is 10.3. The Hall–Kier alpha value is -2.23. The molecule has 94 valence electrons. The van der Waals surface area contributed by atoms with Crippen molar-refractivity contribution in [2.24, 2.45) is 0 Å². The van der Waals surface area contributed by atoms with Gasteiger partial charge < -0.3 is 14.3 Å². The molecule has 0 aliphatic rings. The van der Waals surface area contributed by atoms with Gasteiger partial charge in [0.25, 0.3) is 0 Å². The number of para-hydroxylation sites is 1. The first-order valence-corrected chi connectivity index (χ1v) is 5.69. The van der Waals surface area contributed by atoms with Gasteiger partial charge in [0.2, 0.25) is 0 Å². The van der Waals surface area contributed by atoms with Crippen LogP contribution in [0.1, 0.15) is 23.0 Å². The van der Waals surface area contributed by atoms with Crippen molar-refractivity contribution in [2.45, 2.75) is 13.8 Å². The quantitative estimate of drug-likeness (QED) is 0.898. The van der Waals surface area contributed by atoms with Crippen LogP contribution in [0.5, 0.6) is 5.75 Å². The van der Waals surface area contributed by atoms with E-state index in [2.05, 4.69) is 0 Å². The molecule has 2 rings (SSSR count). The molecule has 0 aliphatic heterocycles. The van der Waals surface area contributed by atoms with E-state index >= 15 is 0 Å². The number of benzene rings is 1. The van der Waals surface area contributed by atoms with Crippen molar-refractivity contribution in [3.8, 4) is 17.1 Å². The third-order valence-electron chi connectivity index (χ3n) is 2.60. The van der Waals surface area contributed by atoms with Gasteiger partial charge in [-0.3, -0.25) is 0 Å². The summed E-state index contributed by atoms with van der Waals surface area (Å²) in [5.41, 5.74) is 0.936. The molecule has 0 spiro atoms. The highest BCUT2D eigenvalue weighted by molar-refractivity contribution is 5.90. The largest absolute Gasteiger partial charge is 0.493 e. The van der Waals surface area contributed by atoms with Gasteiger partial charge in [-0.1, -0.05) is 12.1 Å². The van der Waals surface area contributed by atoms with Crippen LogP contribution in [-0.2, 0) is 0 Å². The molecule has 18 heavy (non-hydrogen) atoms. The second-order valence-electron chi connectivity index (χ2n) is 3.81. The molecule has 0 saturated carbocycles. The van der Waals surface area contributed by atoms with Gasteiger partial charge in [-0.2, -0.15) is 0 Å². The number of hydrogen-bond acceptors (Lipinski definition) is 3. The molecule has 0 radical (unpaired) electrons. The van der Waals surface area contributed by atoms with Crippen molar-refractivity contribution in [1.82, 2.24) is 0 Å². The smallest absolute Gasteiger partial charge is 0.339 e. The van der Waals surface area contributed by atoms with Crippen LogP contribution in [-0.4, -0.2) is 17.7 Å². The highest BCUT2D eigenvalue weighted by Gasteiger charge is 2.16. The van der Waals surface area contributed by atoms with Gasteiger partial charge in [0.15, 0.2) is 0 Å². The lowest BCUT2D eigenvalue weighted by molar-refractivity contribution is 0.0695. The third-order valence-corrected chi connectivity index (χ3v) is 2.60. The van der Waals surface area contributed by atoms with Gasteiger partial charge in [-0.25, -0.2) is 4.79 Å². The van der Waals surface area contributed by atoms with Gasteiger partial charge in [0.1, 0.15) is 22.8 Å². The van der Waals surface area contributed by atoms with E-state index in [0.717, 1.165) is 5.56 Å². The number of carboxylic acid groups (broad SMARTS) is 1. The Kier molecular flexibility index (Phi) is 3.37. The lowest BCUT2D eigenvalue weighted by atomic mass is 10.1. The molecule has 4 heteroatoms. The molecule has 1 aromatic heterocycles. The minimum atomic E-state index is -0.989. The molecule has 0 bridgehead atoms. The average Bonchev–Trinajstić information content (AvgIpc) is 2.72. The number of aryl methyl sites for hydroxylation is 1. The molecule has 0 amide bonds. The predicted molar refractivity (Wildman–Crippen MR) is 67.0 cm³/mol. The molecule has 0 aliphatic carbocycles. The highest BCUT2D eigenvalue weighted by Crippen LogP contribution is 2.32. The first-order chi connectivity index (χ1) is 8.63. The van der Waals surface area contributed by atoms with E-state index in [1.165, 1.54) is 6.07 Å². The van der Waals surface area contributed by atoms with E-state index < -0.39 is 5.97 Å². The summed E-state index contributed by atoms with van der Waals surface area (Å²) in [5, 5.41) is 9.01. The van der Waals surface area contributed by atoms with Gasteiger partial charge in [-0.15, -0.1) is 0 Å². The molecule has 2 aromatic rings. The Morgan fingerprint density at radius 3 is 2.72 bits per heavy atom. The lowest BCUT2D eigenvalue weighted by Crippen LogP contribution is -1.95. The van der Waals surface area contributed by atoms with Crippen LogP contribution < -0.4 is 4.74 Å². The number of hydrogen-bond donors (Lipinski definition) is 1. The topological polar surface area (TPSA) is 59.7 Å². The molecule has 1 aromatic carbocycles. The number of rotatable bonds is 4. The number of furan rings is 1. The summed E-state index contributed by atoms with van der Waals surface area (Å²) >= 11 is 0. The van der Waals surface area contributed by atoms with Crippen LogP contribution in [0.4, 0.5) is 0 Å². The van der Waals surface area contributed by atoms with Gasteiger partial charge in [-0.05, 0) is 32.0 Å². The Bertz CT molecular complexity index is 569. The Labute approximate surface area is 105 Å². The van der Waals surface area contributed by atoms with Gasteiger partial charge in [0.05, 0.1) is 12.2 Å². The summed E-state index contributed by atoms with van der Waals surface area (Å²) < 4.78 is 11.0. The van der Waals surface area contributed by atoms with E-state index in [-0.39, 0.29) is 5.56 Å². The summed E-state index contributed by atoms with van der Waals surface area (Å²) in [6, 6.07) is 8.92. The third kappa shape index (κ3) is 2.22. The second kappa shape index (κ2) is 4.96. The minimum Gasteiger partial charge on any atom is -0.493 e. The van der Waals surface area contributed by atoms with Crippen molar-refractivity contribution < 1.29 is 19.1 Å². The summed E-state index contributed by atoms with van der Waals surface area (Å²) in [5.74, 6) is 0.597. The van der Waals surface area contributed by atoms with Crippen molar-refractivity contribution in [3.05, 3.63) is 41.7 Å². The number of ether oxygens (including phenoxy) is 1. The summed E-state index contributed by atoms with van der Waals surface area (Å²) in [6.45, 7) is 4.07. The highest BCUT2D eigenvalue weighted by atomic mass is 16.5. The van der Waals surface area contributed by atoms with Gasteiger partial charge in [0, 0.05) is 0 Å². The molecule has 0 fully saturated rings. The SMILES string of the molecule is CCOc1ccccc1-c1cc(C(=O)O)c(C)o1. The lowest BCUT2D eigenvalue weighted by Gasteiger charge is -2.07. The number of carbonyl (C=O) groups is 1. The average molecular weight is 246 g/mol. The predicted octanol–water partition coefficient (Wildman–Crippen LogP) is 3.35. The Morgan fingerprint density at radius 1 is 1.39 bits per heavy atom. The van der Waals surface area contributed by atoms with Crippen molar-refractivity contribution >= 4 is 5.97 Å². The fraction of sp³-hybridized carbons (Fsp3) is 0.214. The number of aromatic carboxylic acids is 1. The molecule has 0 atom stereocenters. The molecule has 0 unspecified atom stereocenters. The van der Waals surface area contributed by atoms with E-state index in [1.807, 2.05) is 31.2 Å². The van der Waals surface area contributed by atoms with Crippen LogP contribution >= 0.6 is 0 Å². The van der Waals surface area contributed by atoms with Crippen molar-refractivity contribution in [1.29, 1.82) is 0 Å². The Balaban J connectivity index is 2.48. The Morgan fingerprint density at radius 2 is 2.11 bits per heavy atom. The van der Waals surface area contributed by atoms with Crippen molar-refractivity contribution in [3.63, 3.8) is 0 Å². The van der Waals surface area contributed by atoms with Gasteiger partial charge >= 0.3 is 5.97 Å². The normalized spacial score (nSPS) is 10.3. The maximum Gasteiger partial charge on any atom is 0.339 e. The van der Waals surface area contributed by atoms with E-state index in [4.69, 9.17) is 14.3 Å². The first kappa shape index (κ1) is 12.2. The summed E-state index contributed by atoms with van der Waals surface area (Å²) in [4.78, 5) is 11.0. The maximum atomic E-state index is 11.0. The summed E-state index contributed by atoms with van der Waals surface area (Å²) in [6.07, 6.45) is 0. The fourth-order valence-corrected chi connectivity index (χ4v) is 1.78. The van der Waals surface area contributed by atoms with Crippen LogP contribution in [0.3, 0.4) is 0 Å². The van der Waals surface area contributed by atoms with Crippen LogP contribution in [0, 0.1) is 6.92 Å². The van der Waals surface area contributed by atoms with E-state index in [0.29, 0.717) is 23.9 Å². The molecular formula is C14H14O4.